The third kappa shape index (κ3) is 7.72. The van der Waals surface area contributed by atoms with E-state index in [-0.39, 0.29) is 28.9 Å². The fourth-order valence-corrected chi connectivity index (χ4v) is 2.89. The van der Waals surface area contributed by atoms with Crippen molar-refractivity contribution in [1.29, 1.82) is 0 Å². The Bertz CT molecular complexity index is 917. The van der Waals surface area contributed by atoms with Crippen LogP contribution in [0.1, 0.15) is 31.9 Å². The van der Waals surface area contributed by atoms with Gasteiger partial charge in [0.1, 0.15) is 16.5 Å². The molecule has 0 aliphatic carbocycles. The first-order valence-electron chi connectivity index (χ1n) is 7.77. The maximum absolute atomic E-state index is 13.8. The van der Waals surface area contributed by atoms with Gasteiger partial charge in [0.05, 0.1) is 5.69 Å². The first kappa shape index (κ1) is 26.2. The predicted molar refractivity (Wildman–Crippen MR) is 104 cm³/mol. The van der Waals surface area contributed by atoms with Crippen molar-refractivity contribution < 1.29 is 46.0 Å². The van der Waals surface area contributed by atoms with Gasteiger partial charge in [-0.25, -0.2) is 4.39 Å². The molecule has 0 fully saturated rings. The first-order chi connectivity index (χ1) is 12.9. The fraction of sp³-hybridized carbons (Fsp3) is 0.235. The molecule has 29 heavy (non-hydrogen) atoms. The topological polar surface area (TPSA) is 32.6 Å². The summed E-state index contributed by atoms with van der Waals surface area (Å²) in [6.07, 6.45) is 1.06. The molecule has 0 saturated carbocycles. The fourth-order valence-electron chi connectivity index (χ4n) is 2.24. The molecule has 0 amide bonds. The Morgan fingerprint density at radius 1 is 1.03 bits per heavy atom. The Morgan fingerprint density at radius 3 is 2.03 bits per heavy atom. The molecule has 1 N–H and O–H groups in total. The number of phenolic OH excluding ortho intramolecular Hbond substituents is 1. The van der Waals surface area contributed by atoms with Crippen molar-refractivity contribution >= 4 is 40.7 Å². The molecule has 0 unspecified atom stereocenters. The molecule has 2 rings (SSSR count). The molecular weight excluding hydrogens is 499 g/mol. The molecule has 0 heterocycles. The van der Waals surface area contributed by atoms with E-state index in [0.717, 1.165) is 6.21 Å². The summed E-state index contributed by atoms with van der Waals surface area (Å²) >= 11 is -0.556. The third-order valence-corrected chi connectivity index (χ3v) is 4.73. The summed E-state index contributed by atoms with van der Waals surface area (Å²) in [5.74, 6) is -1.65. The van der Waals surface area contributed by atoms with Gasteiger partial charge < -0.3 is 5.11 Å². The Hall–Kier alpha value is -0.866. The minimum absolute atomic E-state index is 0.0861. The van der Waals surface area contributed by atoms with Gasteiger partial charge in [0.15, 0.2) is 0 Å². The molecule has 12 heteroatoms. The van der Waals surface area contributed by atoms with E-state index < -0.39 is 43.7 Å². The zero-order valence-electron chi connectivity index (χ0n) is 15.4. The summed E-state index contributed by atoms with van der Waals surface area (Å²) in [4.78, 5) is 1.35. The van der Waals surface area contributed by atoms with Crippen LogP contribution in [0.25, 0.3) is 0 Å². The van der Waals surface area contributed by atoms with Crippen LogP contribution in [0.5, 0.6) is 5.75 Å². The van der Waals surface area contributed by atoms with Gasteiger partial charge in [0, 0.05) is 11.8 Å². The number of nitrogens with zero attached hydrogens (tertiary/aromatic N) is 1. The summed E-state index contributed by atoms with van der Waals surface area (Å²) in [6.45, 7) is 5.59. The van der Waals surface area contributed by atoms with Crippen molar-refractivity contribution in [1.82, 2.24) is 0 Å². The van der Waals surface area contributed by atoms with Crippen LogP contribution in [0.15, 0.2) is 46.3 Å². The Balaban J connectivity index is 0.00000132. The van der Waals surface area contributed by atoms with Crippen LogP contribution in [0.2, 0.25) is 0 Å². The monoisotopic (exact) mass is 515 g/mol. The molecular formula is C17H17Cl2F6NOSTi. The van der Waals surface area contributed by atoms with Gasteiger partial charge >= 0.3 is 45.9 Å². The number of phenols is 1. The average molecular weight is 516 g/mol. The summed E-state index contributed by atoms with van der Waals surface area (Å²) in [5, 5.41) is 10.3. The van der Waals surface area contributed by atoms with Crippen LogP contribution in [-0.2, 0) is 22.4 Å². The van der Waals surface area contributed by atoms with Crippen LogP contribution >= 0.6 is 28.8 Å². The molecule has 0 aliphatic rings. The summed E-state index contributed by atoms with van der Waals surface area (Å²) in [6, 6.07) is 5.13. The Kier molecular flexibility index (Phi) is 7.53. The van der Waals surface area contributed by atoms with Crippen LogP contribution in [0.3, 0.4) is 0 Å². The normalized spacial score (nSPS) is 14.6. The predicted octanol–water partition coefficient (Wildman–Crippen LogP) is 8.61. The van der Waals surface area contributed by atoms with E-state index in [1.54, 1.807) is 12.1 Å². The van der Waals surface area contributed by atoms with Crippen molar-refractivity contribution in [3.8, 4) is 5.75 Å². The van der Waals surface area contributed by atoms with E-state index in [0.29, 0.717) is 11.6 Å². The van der Waals surface area contributed by atoms with Crippen LogP contribution in [-0.4, -0.2) is 11.3 Å². The number of halogens is 8. The number of hydrogen-bond acceptors (Lipinski definition) is 2. The Morgan fingerprint density at radius 2 is 1.59 bits per heavy atom. The van der Waals surface area contributed by atoms with Gasteiger partial charge in [-0.2, -0.15) is 0 Å². The van der Waals surface area contributed by atoms with Crippen LogP contribution in [0.4, 0.5) is 29.5 Å². The van der Waals surface area contributed by atoms with Crippen LogP contribution in [0, 0.1) is 5.82 Å². The van der Waals surface area contributed by atoms with Crippen molar-refractivity contribution in [3.63, 3.8) is 0 Å². The second-order valence-corrected chi connectivity index (χ2v) is 11.9. The molecule has 0 atom stereocenters. The summed E-state index contributed by atoms with van der Waals surface area (Å²) in [7, 11) is -0.176. The van der Waals surface area contributed by atoms with Gasteiger partial charge in [0.25, 0.3) is 0 Å². The molecule has 0 saturated heterocycles. The van der Waals surface area contributed by atoms with Gasteiger partial charge in [-0.1, -0.05) is 52.3 Å². The maximum atomic E-state index is 13.8. The number of rotatable bonds is 3. The van der Waals surface area contributed by atoms with Gasteiger partial charge in [0.2, 0.25) is 0 Å². The average Bonchev–Trinajstić information content (AvgIpc) is 2.52. The molecule has 2 aromatic carbocycles. The molecule has 0 aromatic heterocycles. The number of hydrogen-bond donors (Lipinski definition) is 1. The number of aromatic hydroxyl groups is 1. The zero-order chi connectivity index (χ0) is 22.7. The third-order valence-electron chi connectivity index (χ3n) is 3.58. The second-order valence-electron chi connectivity index (χ2n) is 6.91. The van der Waals surface area contributed by atoms with Crippen LogP contribution < -0.4 is 0 Å². The summed E-state index contributed by atoms with van der Waals surface area (Å²) in [5.41, 5.74) is -0.134. The SMILES string of the molecule is CC(C)(C)c1cccc(C=Nc2ccc(S(F)(F)(F)(F)F)cc2F)c1O.[Cl][Ti][Cl]. The van der Waals surface area contributed by atoms with E-state index in [1.165, 1.54) is 6.07 Å². The molecule has 0 aliphatic heterocycles. The van der Waals surface area contributed by atoms with E-state index in [4.69, 9.17) is 18.6 Å². The first-order valence-corrected chi connectivity index (χ1v) is 14.0. The molecule has 0 bridgehead atoms. The second kappa shape index (κ2) is 8.34. The molecule has 2 aromatic rings. The number of para-hydroxylation sites is 1. The van der Waals surface area contributed by atoms with E-state index in [9.17, 15) is 28.9 Å². The molecule has 0 radical (unpaired) electrons. The van der Waals surface area contributed by atoms with Gasteiger partial charge in [-0.15, -0.1) is 0 Å². The van der Waals surface area contributed by atoms with Crippen molar-refractivity contribution in [3.05, 3.63) is 53.3 Å². The molecule has 2 nitrogen and oxygen atoms in total. The van der Waals surface area contributed by atoms with Crippen molar-refractivity contribution in [2.24, 2.45) is 4.99 Å². The molecule has 0 spiro atoms. The quantitative estimate of drug-likeness (QED) is 0.247. The van der Waals surface area contributed by atoms with Gasteiger partial charge in [-0.3, -0.25) is 4.99 Å². The van der Waals surface area contributed by atoms with E-state index in [1.807, 2.05) is 20.8 Å². The number of aliphatic imine (C=N–C) groups is 1. The zero-order valence-corrected chi connectivity index (χ0v) is 19.3. The number of benzene rings is 2. The summed E-state index contributed by atoms with van der Waals surface area (Å²) < 4.78 is 77.2. The molecule has 162 valence electrons. The van der Waals surface area contributed by atoms with Gasteiger partial charge in [-0.05, 0) is 35.2 Å². The minimum atomic E-state index is -9.95. The van der Waals surface area contributed by atoms with E-state index in [2.05, 4.69) is 4.99 Å². The van der Waals surface area contributed by atoms with E-state index >= 15 is 0 Å². The Labute approximate surface area is 181 Å². The standard InChI is InChI=1S/C17H17F6NOS.2ClH.Ti/c1-17(2,3)13-6-4-5-11(16(13)25)10-24-15-8-7-12(9-14(15)18)26(19,20,21,22)23;;;/h4-10,25H,1-3H3;2*1H;/q;;;+2/p-2. The van der Waals surface area contributed by atoms with Crippen molar-refractivity contribution in [2.45, 2.75) is 31.1 Å². The van der Waals surface area contributed by atoms with Crippen molar-refractivity contribution in [2.75, 3.05) is 0 Å².